The van der Waals surface area contributed by atoms with Crippen molar-refractivity contribution in [3.63, 3.8) is 0 Å². The Balaban J connectivity index is 1.40. The largest absolute Gasteiger partial charge is 0.378 e. The first-order valence-corrected chi connectivity index (χ1v) is 9.47. The minimum absolute atomic E-state index is 0.266. The van der Waals surface area contributed by atoms with Crippen LogP contribution in [0.25, 0.3) is 11.0 Å². The summed E-state index contributed by atoms with van der Waals surface area (Å²) in [6.07, 6.45) is 1.42. The highest BCUT2D eigenvalue weighted by Gasteiger charge is 2.22. The number of H-pyrrole nitrogens is 1. The second-order valence-corrected chi connectivity index (χ2v) is 6.77. The maximum atomic E-state index is 5.75. The Labute approximate surface area is 162 Å². The molecule has 0 spiro atoms. The minimum atomic E-state index is -0.266. The molecule has 1 atom stereocenters. The molecule has 28 heavy (non-hydrogen) atoms. The zero-order valence-electron chi connectivity index (χ0n) is 15.4. The van der Waals surface area contributed by atoms with Gasteiger partial charge in [0.25, 0.3) is 0 Å². The quantitative estimate of drug-likeness (QED) is 0.707. The average Bonchev–Trinajstić information content (AvgIpc) is 3.25. The number of anilines is 3. The Morgan fingerprint density at radius 3 is 2.64 bits per heavy atom. The van der Waals surface area contributed by atoms with E-state index in [1.54, 1.807) is 6.20 Å². The number of rotatable bonds is 4. The number of aromatic nitrogens is 4. The number of benzene rings is 1. The third-order valence-electron chi connectivity index (χ3n) is 4.93. The van der Waals surface area contributed by atoms with Crippen molar-refractivity contribution in [2.24, 2.45) is 0 Å². The number of morpholine rings is 1. The smallest absolute Gasteiger partial charge is 0.162 e. The van der Waals surface area contributed by atoms with Gasteiger partial charge in [-0.25, -0.2) is 9.97 Å². The summed E-state index contributed by atoms with van der Waals surface area (Å²) in [4.78, 5) is 11.6. The molecule has 0 aliphatic carbocycles. The molecule has 9 nitrogen and oxygen atoms in total. The van der Waals surface area contributed by atoms with Crippen molar-refractivity contribution in [1.29, 1.82) is 0 Å². The number of nitrogens with one attached hydrogen (secondary N) is 2. The van der Waals surface area contributed by atoms with Gasteiger partial charge in [0.2, 0.25) is 0 Å². The summed E-state index contributed by atoms with van der Waals surface area (Å²) >= 11 is 0. The third-order valence-corrected chi connectivity index (χ3v) is 4.93. The van der Waals surface area contributed by atoms with Crippen molar-refractivity contribution in [2.45, 2.75) is 6.10 Å². The van der Waals surface area contributed by atoms with Crippen LogP contribution in [0.3, 0.4) is 0 Å². The van der Waals surface area contributed by atoms with Gasteiger partial charge < -0.3 is 24.4 Å². The monoisotopic (exact) mass is 382 g/mol. The summed E-state index contributed by atoms with van der Waals surface area (Å²) in [6, 6.07) is 8.32. The molecule has 5 rings (SSSR count). The van der Waals surface area contributed by atoms with Gasteiger partial charge in [-0.15, -0.1) is 0 Å². The lowest BCUT2D eigenvalue weighted by atomic mass is 10.2. The van der Waals surface area contributed by atoms with Gasteiger partial charge in [-0.3, -0.25) is 5.10 Å². The second-order valence-electron chi connectivity index (χ2n) is 6.77. The lowest BCUT2D eigenvalue weighted by Crippen LogP contribution is -2.36. The SMILES string of the molecule is c1cc(N2CCOCC2)ccc1Nc1nc(C2COCCO2)nc2cn[nH]c12. The maximum absolute atomic E-state index is 5.75. The number of aromatic amines is 1. The van der Waals surface area contributed by atoms with Gasteiger partial charge >= 0.3 is 0 Å². The molecular formula is C19H22N6O3. The highest BCUT2D eigenvalue weighted by atomic mass is 16.6. The fraction of sp³-hybridized carbons (Fsp3) is 0.421. The normalized spacial score (nSPS) is 20.4. The van der Waals surface area contributed by atoms with E-state index in [2.05, 4.69) is 54.6 Å². The summed E-state index contributed by atoms with van der Waals surface area (Å²) in [5, 5.41) is 10.5. The van der Waals surface area contributed by atoms with Gasteiger partial charge in [0.15, 0.2) is 11.6 Å². The van der Waals surface area contributed by atoms with Crippen LogP contribution in [0.2, 0.25) is 0 Å². The molecule has 1 unspecified atom stereocenters. The Bertz CT molecular complexity index is 932. The lowest BCUT2D eigenvalue weighted by molar-refractivity contribution is -0.0933. The van der Waals surface area contributed by atoms with Crippen LogP contribution in [0.5, 0.6) is 0 Å². The Hall–Kier alpha value is -2.75. The highest BCUT2D eigenvalue weighted by molar-refractivity contribution is 5.86. The first kappa shape index (κ1) is 17.4. The van der Waals surface area contributed by atoms with E-state index in [0.29, 0.717) is 31.5 Å². The minimum Gasteiger partial charge on any atom is -0.378 e. The van der Waals surface area contributed by atoms with Crippen molar-refractivity contribution in [2.75, 3.05) is 56.3 Å². The Morgan fingerprint density at radius 2 is 1.86 bits per heavy atom. The molecule has 2 aliphatic rings. The van der Waals surface area contributed by atoms with Gasteiger partial charge in [-0.1, -0.05) is 0 Å². The molecule has 0 saturated carbocycles. The van der Waals surface area contributed by atoms with E-state index in [-0.39, 0.29) is 6.10 Å². The summed E-state index contributed by atoms with van der Waals surface area (Å²) in [6.45, 7) is 4.98. The van der Waals surface area contributed by atoms with Gasteiger partial charge in [-0.2, -0.15) is 5.10 Å². The van der Waals surface area contributed by atoms with Crippen LogP contribution in [-0.4, -0.2) is 66.3 Å². The average molecular weight is 382 g/mol. The van der Waals surface area contributed by atoms with Crippen LogP contribution in [0.15, 0.2) is 30.5 Å². The topological polar surface area (TPSA) is 97.4 Å². The number of hydrogen-bond donors (Lipinski definition) is 2. The molecule has 2 aliphatic heterocycles. The van der Waals surface area contributed by atoms with Crippen molar-refractivity contribution in [3.05, 3.63) is 36.3 Å². The van der Waals surface area contributed by atoms with Crippen molar-refractivity contribution in [1.82, 2.24) is 20.2 Å². The van der Waals surface area contributed by atoms with Gasteiger partial charge in [-0.05, 0) is 24.3 Å². The number of ether oxygens (including phenoxy) is 3. The first-order valence-electron chi connectivity index (χ1n) is 9.47. The number of nitrogens with zero attached hydrogens (tertiary/aromatic N) is 4. The molecule has 2 aromatic heterocycles. The molecule has 0 amide bonds. The van der Waals surface area contributed by atoms with E-state index in [1.807, 2.05) is 0 Å². The van der Waals surface area contributed by atoms with Crippen molar-refractivity contribution < 1.29 is 14.2 Å². The van der Waals surface area contributed by atoms with Gasteiger partial charge in [0.05, 0.1) is 39.2 Å². The summed E-state index contributed by atoms with van der Waals surface area (Å²) in [7, 11) is 0. The van der Waals surface area contributed by atoms with E-state index in [4.69, 9.17) is 14.2 Å². The van der Waals surface area contributed by atoms with E-state index >= 15 is 0 Å². The predicted octanol–water partition coefficient (Wildman–Crippen LogP) is 2.02. The second kappa shape index (κ2) is 7.70. The number of fused-ring (bicyclic) bond motifs is 1. The van der Waals surface area contributed by atoms with E-state index in [1.165, 1.54) is 5.69 Å². The Kier molecular flexibility index (Phi) is 4.78. The molecule has 9 heteroatoms. The van der Waals surface area contributed by atoms with E-state index in [0.717, 1.165) is 43.0 Å². The van der Waals surface area contributed by atoms with E-state index < -0.39 is 0 Å². The van der Waals surface area contributed by atoms with Crippen LogP contribution in [0, 0.1) is 0 Å². The summed E-state index contributed by atoms with van der Waals surface area (Å²) in [5.74, 6) is 1.27. The van der Waals surface area contributed by atoms with Crippen LogP contribution < -0.4 is 10.2 Å². The van der Waals surface area contributed by atoms with Crippen LogP contribution >= 0.6 is 0 Å². The van der Waals surface area contributed by atoms with Gasteiger partial charge in [0.1, 0.15) is 17.1 Å². The Morgan fingerprint density at radius 1 is 1.00 bits per heavy atom. The molecule has 0 radical (unpaired) electrons. The third kappa shape index (κ3) is 3.51. The van der Waals surface area contributed by atoms with Crippen LogP contribution in [0.4, 0.5) is 17.2 Å². The van der Waals surface area contributed by atoms with E-state index in [9.17, 15) is 0 Å². The summed E-state index contributed by atoms with van der Waals surface area (Å²) < 4.78 is 16.7. The van der Waals surface area contributed by atoms with Crippen LogP contribution in [0.1, 0.15) is 11.9 Å². The lowest BCUT2D eigenvalue weighted by Gasteiger charge is -2.29. The summed E-state index contributed by atoms with van der Waals surface area (Å²) in [5.41, 5.74) is 3.64. The molecular weight excluding hydrogens is 360 g/mol. The molecule has 1 aromatic carbocycles. The number of hydrogen-bond acceptors (Lipinski definition) is 8. The van der Waals surface area contributed by atoms with Crippen molar-refractivity contribution >= 4 is 28.2 Å². The molecule has 2 fully saturated rings. The first-order chi connectivity index (χ1) is 13.9. The molecule has 2 N–H and O–H groups in total. The molecule has 146 valence electrons. The fourth-order valence-electron chi connectivity index (χ4n) is 3.44. The molecule has 2 saturated heterocycles. The van der Waals surface area contributed by atoms with Crippen LogP contribution in [-0.2, 0) is 14.2 Å². The molecule has 3 aromatic rings. The van der Waals surface area contributed by atoms with Crippen molar-refractivity contribution in [3.8, 4) is 0 Å². The molecule has 4 heterocycles. The zero-order chi connectivity index (χ0) is 18.8. The highest BCUT2D eigenvalue weighted by Crippen LogP contribution is 2.27. The molecule has 0 bridgehead atoms. The zero-order valence-corrected chi connectivity index (χ0v) is 15.4. The van der Waals surface area contributed by atoms with Gasteiger partial charge in [0, 0.05) is 24.5 Å². The maximum Gasteiger partial charge on any atom is 0.162 e. The predicted molar refractivity (Wildman–Crippen MR) is 104 cm³/mol. The fourth-order valence-corrected chi connectivity index (χ4v) is 3.44. The standard InChI is InChI=1S/C19H22N6O3/c1-3-14(25-5-7-26-8-6-25)4-2-13(1)21-19-17-15(11-20-24-17)22-18(23-19)16-12-27-9-10-28-16/h1-4,11,16H,5-10,12H2,(H,20,24)(H,21,22,23).